The second-order valence-electron chi connectivity index (χ2n) is 7.68. The average Bonchev–Trinajstić information content (AvgIpc) is 2.79. The van der Waals surface area contributed by atoms with Gasteiger partial charge in [0.1, 0.15) is 5.75 Å². The predicted molar refractivity (Wildman–Crippen MR) is 94.1 cm³/mol. The summed E-state index contributed by atoms with van der Waals surface area (Å²) >= 11 is 0. The summed E-state index contributed by atoms with van der Waals surface area (Å²) in [5, 5.41) is 0. The van der Waals surface area contributed by atoms with Crippen LogP contribution in [0.2, 0.25) is 0 Å². The number of carbonyl (C=O) groups is 1. The molecular weight excluding hydrogens is 286 g/mol. The van der Waals surface area contributed by atoms with Gasteiger partial charge in [-0.25, -0.2) is 0 Å². The molecule has 0 N–H and O–H groups in total. The fourth-order valence-electron chi connectivity index (χ4n) is 4.01. The van der Waals surface area contributed by atoms with E-state index >= 15 is 0 Å². The summed E-state index contributed by atoms with van der Waals surface area (Å²) < 4.78 is 5.51. The lowest BCUT2D eigenvalue weighted by atomic mass is 9.66. The van der Waals surface area contributed by atoms with Gasteiger partial charge in [-0.15, -0.1) is 0 Å². The monoisotopic (exact) mass is 311 g/mol. The Hall–Kier alpha value is -1.90. The van der Waals surface area contributed by atoms with Gasteiger partial charge in [-0.2, -0.15) is 0 Å². The van der Waals surface area contributed by atoms with E-state index in [1.807, 2.05) is 24.4 Å². The predicted octanol–water partition coefficient (Wildman–Crippen LogP) is 4.24. The molecule has 2 aliphatic rings. The molecule has 0 amide bonds. The number of allylic oxidation sites excluding steroid dienone is 2. The van der Waals surface area contributed by atoms with Crippen LogP contribution in [0.15, 0.2) is 29.3 Å². The summed E-state index contributed by atoms with van der Waals surface area (Å²) in [4.78, 5) is 17.5. The van der Waals surface area contributed by atoms with Crippen molar-refractivity contribution >= 4 is 17.6 Å². The number of rotatable bonds is 2. The van der Waals surface area contributed by atoms with Gasteiger partial charge >= 0.3 is 0 Å². The Kier molecular flexibility index (Phi) is 3.70. The largest absolute Gasteiger partial charge is 0.496 e. The van der Waals surface area contributed by atoms with Gasteiger partial charge in [0.15, 0.2) is 5.78 Å². The molecular formula is C20H25NO2. The molecule has 3 heteroatoms. The van der Waals surface area contributed by atoms with Crippen LogP contribution in [0, 0.1) is 18.3 Å². The molecule has 1 aliphatic carbocycles. The van der Waals surface area contributed by atoms with Crippen LogP contribution in [0.1, 0.15) is 44.7 Å². The third-order valence-corrected chi connectivity index (χ3v) is 5.05. The van der Waals surface area contributed by atoms with Crippen LogP contribution < -0.4 is 4.74 Å². The van der Waals surface area contributed by atoms with Crippen molar-refractivity contribution in [2.75, 3.05) is 7.11 Å². The lowest BCUT2D eigenvalue weighted by Gasteiger charge is -2.35. The number of hydrogen-bond donors (Lipinski definition) is 0. The molecule has 0 fully saturated rings. The Balaban J connectivity index is 2.03. The number of carbonyl (C=O) groups excluding carboxylic acids is 1. The number of nitrogens with zero attached hydrogens (tertiary/aromatic N) is 1. The van der Waals surface area contributed by atoms with E-state index in [4.69, 9.17) is 4.74 Å². The summed E-state index contributed by atoms with van der Waals surface area (Å²) in [5.74, 6) is 1.31. The second kappa shape index (κ2) is 5.33. The fraction of sp³-hybridized carbons (Fsp3) is 0.500. The zero-order chi connectivity index (χ0) is 16.8. The van der Waals surface area contributed by atoms with Crippen molar-refractivity contribution in [1.82, 2.24) is 0 Å². The van der Waals surface area contributed by atoms with Gasteiger partial charge in [-0.1, -0.05) is 18.6 Å². The lowest BCUT2D eigenvalue weighted by molar-refractivity contribution is -0.121. The van der Waals surface area contributed by atoms with E-state index < -0.39 is 5.41 Å². The van der Waals surface area contributed by atoms with Crippen LogP contribution in [0.4, 0.5) is 0 Å². The highest BCUT2D eigenvalue weighted by molar-refractivity contribution is 6.12. The van der Waals surface area contributed by atoms with E-state index in [0.717, 1.165) is 29.7 Å². The van der Waals surface area contributed by atoms with Crippen LogP contribution >= 0.6 is 0 Å². The van der Waals surface area contributed by atoms with Crippen LogP contribution in [0.5, 0.6) is 5.75 Å². The number of hydrogen-bond acceptors (Lipinski definition) is 3. The third kappa shape index (κ3) is 2.73. The molecule has 1 aromatic carbocycles. The molecule has 1 spiro atoms. The van der Waals surface area contributed by atoms with Gasteiger partial charge in [0.2, 0.25) is 0 Å². The number of ketones is 1. The van der Waals surface area contributed by atoms with Crippen LogP contribution in [0.25, 0.3) is 5.57 Å². The van der Waals surface area contributed by atoms with E-state index in [9.17, 15) is 4.79 Å². The molecule has 0 bridgehead atoms. The zero-order valence-corrected chi connectivity index (χ0v) is 14.6. The van der Waals surface area contributed by atoms with Crippen molar-refractivity contribution in [3.05, 3.63) is 35.4 Å². The summed E-state index contributed by atoms with van der Waals surface area (Å²) in [6, 6.07) is 6.12. The van der Waals surface area contributed by atoms with Crippen molar-refractivity contribution in [2.24, 2.45) is 16.3 Å². The normalized spacial score (nSPS) is 29.0. The molecule has 0 unspecified atom stereocenters. The highest BCUT2D eigenvalue weighted by atomic mass is 16.5. The molecule has 2 atom stereocenters. The van der Waals surface area contributed by atoms with Gasteiger partial charge in [0, 0.05) is 11.8 Å². The minimum absolute atomic E-state index is 0.137. The van der Waals surface area contributed by atoms with Gasteiger partial charge < -0.3 is 4.74 Å². The molecule has 1 aliphatic heterocycles. The molecule has 0 radical (unpaired) electrons. The van der Waals surface area contributed by atoms with Crippen LogP contribution in [0.3, 0.4) is 0 Å². The first-order chi connectivity index (χ1) is 10.8. The van der Waals surface area contributed by atoms with E-state index in [2.05, 4.69) is 38.8 Å². The molecule has 0 saturated heterocycles. The summed E-state index contributed by atoms with van der Waals surface area (Å²) in [6.45, 7) is 8.45. The van der Waals surface area contributed by atoms with Crippen molar-refractivity contribution < 1.29 is 9.53 Å². The Morgan fingerprint density at radius 2 is 2.04 bits per heavy atom. The SMILES string of the molecule is COc1ccc(C)cc1C1=CC(=O)[C@]2(C=NC(C)(C)C2)C[C@@H]1C. The summed E-state index contributed by atoms with van der Waals surface area (Å²) in [6.07, 6.45) is 5.37. The van der Waals surface area contributed by atoms with Crippen molar-refractivity contribution in [2.45, 2.75) is 46.1 Å². The number of ether oxygens (including phenoxy) is 1. The van der Waals surface area contributed by atoms with E-state index in [1.54, 1.807) is 7.11 Å². The highest BCUT2D eigenvalue weighted by Crippen LogP contribution is 2.48. The Labute approximate surface area is 138 Å². The van der Waals surface area contributed by atoms with E-state index in [-0.39, 0.29) is 11.3 Å². The maximum Gasteiger partial charge on any atom is 0.167 e. The molecule has 3 rings (SSSR count). The smallest absolute Gasteiger partial charge is 0.167 e. The quantitative estimate of drug-likeness (QED) is 0.819. The molecule has 1 heterocycles. The Morgan fingerprint density at radius 3 is 2.65 bits per heavy atom. The zero-order valence-electron chi connectivity index (χ0n) is 14.6. The average molecular weight is 311 g/mol. The van der Waals surface area contributed by atoms with Gasteiger partial charge in [0.25, 0.3) is 0 Å². The number of benzene rings is 1. The van der Waals surface area contributed by atoms with E-state index in [0.29, 0.717) is 5.92 Å². The highest BCUT2D eigenvalue weighted by Gasteiger charge is 2.48. The molecule has 0 aromatic heterocycles. The third-order valence-electron chi connectivity index (χ3n) is 5.05. The number of aliphatic imine (C=N–C) groups is 1. The first kappa shape index (κ1) is 16.0. The summed E-state index contributed by atoms with van der Waals surface area (Å²) in [7, 11) is 1.68. The minimum atomic E-state index is -0.413. The minimum Gasteiger partial charge on any atom is -0.496 e. The fourth-order valence-corrected chi connectivity index (χ4v) is 4.01. The maximum absolute atomic E-state index is 12.9. The summed E-state index contributed by atoms with van der Waals surface area (Å²) in [5.41, 5.74) is 2.74. The van der Waals surface area contributed by atoms with Gasteiger partial charge in [-0.05, 0) is 63.3 Å². The molecule has 23 heavy (non-hydrogen) atoms. The number of aryl methyl sites for hydroxylation is 1. The Bertz CT molecular complexity index is 714. The molecule has 0 saturated carbocycles. The lowest BCUT2D eigenvalue weighted by Crippen LogP contribution is -2.37. The van der Waals surface area contributed by atoms with Gasteiger partial charge in [-0.3, -0.25) is 9.79 Å². The molecule has 1 aromatic rings. The maximum atomic E-state index is 12.9. The Morgan fingerprint density at radius 1 is 1.30 bits per heavy atom. The van der Waals surface area contributed by atoms with E-state index in [1.165, 1.54) is 5.56 Å². The van der Waals surface area contributed by atoms with Crippen molar-refractivity contribution in [1.29, 1.82) is 0 Å². The number of methoxy groups -OCH3 is 1. The van der Waals surface area contributed by atoms with Crippen LogP contribution in [-0.2, 0) is 4.79 Å². The molecule has 3 nitrogen and oxygen atoms in total. The topological polar surface area (TPSA) is 38.7 Å². The standard InChI is InChI=1S/C20H25NO2/c1-13-6-7-17(23-5)16(8-13)15-9-18(22)20(10-14(15)2)11-19(3,4)21-12-20/h6-9,12,14H,10-11H2,1-5H3/t14-,20+/m0/s1. The van der Waals surface area contributed by atoms with Crippen LogP contribution in [-0.4, -0.2) is 24.6 Å². The molecule has 122 valence electrons. The first-order valence-electron chi connectivity index (χ1n) is 8.24. The first-order valence-corrected chi connectivity index (χ1v) is 8.24. The van der Waals surface area contributed by atoms with Crippen molar-refractivity contribution in [3.63, 3.8) is 0 Å². The van der Waals surface area contributed by atoms with Crippen molar-refractivity contribution in [3.8, 4) is 5.75 Å². The van der Waals surface area contributed by atoms with Gasteiger partial charge in [0.05, 0.1) is 18.1 Å². The second-order valence-corrected chi connectivity index (χ2v) is 7.68.